The number of halogens is 1. The van der Waals surface area contributed by atoms with E-state index in [1.165, 1.54) is 12.8 Å². The molecule has 1 N–H and O–H groups in total. The summed E-state index contributed by atoms with van der Waals surface area (Å²) >= 11 is 6.15. The van der Waals surface area contributed by atoms with Crippen LogP contribution in [-0.4, -0.2) is 30.2 Å². The summed E-state index contributed by atoms with van der Waals surface area (Å²) in [5.41, 5.74) is 1.78. The lowest BCUT2D eigenvalue weighted by Gasteiger charge is -2.17. The summed E-state index contributed by atoms with van der Waals surface area (Å²) in [6, 6.07) is 7.55. The van der Waals surface area contributed by atoms with Crippen molar-refractivity contribution in [1.29, 1.82) is 0 Å². The Morgan fingerprint density at radius 2 is 1.95 bits per heavy atom. The van der Waals surface area contributed by atoms with Gasteiger partial charge in [0.2, 0.25) is 5.95 Å². The lowest BCUT2D eigenvalue weighted by atomic mass is 10.3. The number of benzene rings is 1. The number of aromatic nitrogens is 2. The monoisotopic (exact) mass is 318 g/mol. The molecule has 0 radical (unpaired) electrons. The van der Waals surface area contributed by atoms with Crippen molar-refractivity contribution in [2.24, 2.45) is 0 Å². The molecule has 0 atom stereocenters. The standard InChI is InChI=1S/C16H19ClN4O/c1-11-9-15(21-7-3-4-8-21)20-16(18-11)19-12-5-6-14(22-2)13(17)10-12/h5-6,9-10H,3-4,7-8H2,1-2H3,(H,18,19,20). The number of hydrogen-bond acceptors (Lipinski definition) is 5. The van der Waals surface area contributed by atoms with Crippen molar-refractivity contribution in [1.82, 2.24) is 9.97 Å². The SMILES string of the molecule is COc1ccc(Nc2nc(C)cc(N3CCCC3)n2)cc1Cl. The number of methoxy groups -OCH3 is 1. The van der Waals surface area contributed by atoms with Crippen LogP contribution in [0.4, 0.5) is 17.5 Å². The number of anilines is 3. The predicted octanol–water partition coefficient (Wildman–Crippen LogP) is 3.79. The van der Waals surface area contributed by atoms with Gasteiger partial charge in [-0.15, -0.1) is 0 Å². The molecule has 0 bridgehead atoms. The fourth-order valence-electron chi connectivity index (χ4n) is 2.59. The van der Waals surface area contributed by atoms with Crippen molar-refractivity contribution in [2.45, 2.75) is 19.8 Å². The molecule has 3 rings (SSSR count). The number of nitrogens with zero attached hydrogens (tertiary/aromatic N) is 3. The molecule has 1 aliphatic heterocycles. The second-order valence-electron chi connectivity index (χ2n) is 5.36. The molecular weight excluding hydrogens is 300 g/mol. The highest BCUT2D eigenvalue weighted by molar-refractivity contribution is 6.32. The Morgan fingerprint density at radius 1 is 1.18 bits per heavy atom. The largest absolute Gasteiger partial charge is 0.495 e. The zero-order valence-corrected chi connectivity index (χ0v) is 13.5. The van der Waals surface area contributed by atoms with Gasteiger partial charge in [-0.2, -0.15) is 4.98 Å². The Kier molecular flexibility index (Phi) is 4.34. The van der Waals surface area contributed by atoms with Crippen LogP contribution in [0.15, 0.2) is 24.3 Å². The van der Waals surface area contributed by atoms with Crippen molar-refractivity contribution >= 4 is 29.1 Å². The minimum Gasteiger partial charge on any atom is -0.495 e. The topological polar surface area (TPSA) is 50.3 Å². The minimum atomic E-state index is 0.555. The minimum absolute atomic E-state index is 0.555. The molecule has 1 aromatic heterocycles. The van der Waals surface area contributed by atoms with Crippen molar-refractivity contribution in [3.63, 3.8) is 0 Å². The summed E-state index contributed by atoms with van der Waals surface area (Å²) in [7, 11) is 1.60. The maximum absolute atomic E-state index is 6.15. The van der Waals surface area contributed by atoms with E-state index < -0.39 is 0 Å². The first kappa shape index (κ1) is 14.9. The number of rotatable bonds is 4. The van der Waals surface area contributed by atoms with Crippen molar-refractivity contribution < 1.29 is 4.74 Å². The smallest absolute Gasteiger partial charge is 0.229 e. The molecule has 0 amide bonds. The van der Waals surface area contributed by atoms with E-state index in [4.69, 9.17) is 16.3 Å². The summed E-state index contributed by atoms with van der Waals surface area (Å²) in [6.45, 7) is 4.10. The number of ether oxygens (including phenoxy) is 1. The number of nitrogens with one attached hydrogen (secondary N) is 1. The van der Waals surface area contributed by atoms with Gasteiger partial charge in [0.25, 0.3) is 0 Å². The molecule has 1 fully saturated rings. The Bertz CT molecular complexity index is 671. The molecule has 1 aromatic carbocycles. The summed E-state index contributed by atoms with van der Waals surface area (Å²) in [6.07, 6.45) is 2.44. The zero-order chi connectivity index (χ0) is 15.5. The quantitative estimate of drug-likeness (QED) is 0.929. The first-order chi connectivity index (χ1) is 10.7. The van der Waals surface area contributed by atoms with Crippen LogP contribution in [-0.2, 0) is 0 Å². The van der Waals surface area contributed by atoms with Gasteiger partial charge in [0.15, 0.2) is 0 Å². The van der Waals surface area contributed by atoms with E-state index in [9.17, 15) is 0 Å². The summed E-state index contributed by atoms with van der Waals surface area (Å²) in [4.78, 5) is 11.4. The van der Waals surface area contributed by atoms with Crippen LogP contribution in [0.1, 0.15) is 18.5 Å². The van der Waals surface area contributed by atoms with E-state index in [1.54, 1.807) is 7.11 Å². The maximum Gasteiger partial charge on any atom is 0.229 e. The average Bonchev–Trinajstić information content (AvgIpc) is 3.01. The Balaban J connectivity index is 1.83. The molecular formula is C16H19ClN4O. The van der Waals surface area contributed by atoms with Gasteiger partial charge < -0.3 is 15.0 Å². The Hall–Kier alpha value is -2.01. The van der Waals surface area contributed by atoms with Crippen LogP contribution < -0.4 is 15.0 Å². The van der Waals surface area contributed by atoms with Gasteiger partial charge in [0.1, 0.15) is 11.6 Å². The predicted molar refractivity (Wildman–Crippen MR) is 89.5 cm³/mol. The van der Waals surface area contributed by atoms with Crippen molar-refractivity contribution in [2.75, 3.05) is 30.4 Å². The Labute approximate surface area is 135 Å². The fourth-order valence-corrected chi connectivity index (χ4v) is 2.85. The van der Waals surface area contributed by atoms with Gasteiger partial charge in [-0.1, -0.05) is 11.6 Å². The molecule has 1 aliphatic rings. The van der Waals surface area contributed by atoms with Gasteiger partial charge >= 0.3 is 0 Å². The third-order valence-electron chi connectivity index (χ3n) is 3.68. The van der Waals surface area contributed by atoms with Gasteiger partial charge in [-0.3, -0.25) is 0 Å². The average molecular weight is 319 g/mol. The summed E-state index contributed by atoms with van der Waals surface area (Å²) < 4.78 is 5.16. The van der Waals surface area contributed by atoms with E-state index in [0.29, 0.717) is 16.7 Å². The van der Waals surface area contributed by atoms with Crippen LogP contribution in [0, 0.1) is 6.92 Å². The first-order valence-electron chi connectivity index (χ1n) is 7.37. The molecule has 1 saturated heterocycles. The molecule has 5 nitrogen and oxygen atoms in total. The molecule has 116 valence electrons. The summed E-state index contributed by atoms with van der Waals surface area (Å²) in [5.74, 6) is 2.21. The molecule has 6 heteroatoms. The molecule has 0 unspecified atom stereocenters. The van der Waals surface area contributed by atoms with E-state index in [2.05, 4.69) is 20.2 Å². The molecule has 0 aliphatic carbocycles. The lowest BCUT2D eigenvalue weighted by molar-refractivity contribution is 0.415. The van der Waals surface area contributed by atoms with E-state index >= 15 is 0 Å². The normalized spacial score (nSPS) is 14.2. The highest BCUT2D eigenvalue weighted by Crippen LogP contribution is 2.28. The van der Waals surface area contributed by atoms with Gasteiger partial charge in [-0.05, 0) is 38.0 Å². The number of hydrogen-bond donors (Lipinski definition) is 1. The molecule has 0 spiro atoms. The molecule has 2 aromatic rings. The Morgan fingerprint density at radius 3 is 2.64 bits per heavy atom. The maximum atomic E-state index is 6.15. The molecule has 0 saturated carbocycles. The van der Waals surface area contributed by atoms with Crippen molar-refractivity contribution in [3.8, 4) is 5.75 Å². The second kappa shape index (κ2) is 6.40. The molecule has 22 heavy (non-hydrogen) atoms. The highest BCUT2D eigenvalue weighted by atomic mass is 35.5. The number of aryl methyl sites for hydroxylation is 1. The van der Waals surface area contributed by atoms with Crippen LogP contribution in [0.5, 0.6) is 5.75 Å². The van der Waals surface area contributed by atoms with Crippen molar-refractivity contribution in [3.05, 3.63) is 35.0 Å². The van der Waals surface area contributed by atoms with Gasteiger partial charge in [0.05, 0.1) is 12.1 Å². The van der Waals surface area contributed by atoms with Gasteiger partial charge in [0, 0.05) is 30.5 Å². The summed E-state index contributed by atoms with van der Waals surface area (Å²) in [5, 5.41) is 3.77. The zero-order valence-electron chi connectivity index (χ0n) is 12.8. The third-order valence-corrected chi connectivity index (χ3v) is 3.97. The lowest BCUT2D eigenvalue weighted by Crippen LogP contribution is -2.19. The highest BCUT2D eigenvalue weighted by Gasteiger charge is 2.15. The fraction of sp³-hybridized carbons (Fsp3) is 0.375. The first-order valence-corrected chi connectivity index (χ1v) is 7.75. The van der Waals surface area contributed by atoms with E-state index in [-0.39, 0.29) is 0 Å². The van der Waals surface area contributed by atoms with Crippen LogP contribution in [0.25, 0.3) is 0 Å². The van der Waals surface area contributed by atoms with Crippen LogP contribution in [0.3, 0.4) is 0 Å². The third kappa shape index (κ3) is 3.25. The second-order valence-corrected chi connectivity index (χ2v) is 5.77. The molecule has 2 heterocycles. The van der Waals surface area contributed by atoms with E-state index in [1.807, 2.05) is 31.2 Å². The van der Waals surface area contributed by atoms with Crippen LogP contribution >= 0.6 is 11.6 Å². The van der Waals surface area contributed by atoms with Gasteiger partial charge in [-0.25, -0.2) is 4.98 Å². The van der Waals surface area contributed by atoms with Crippen LogP contribution in [0.2, 0.25) is 5.02 Å². The van der Waals surface area contributed by atoms with E-state index in [0.717, 1.165) is 30.3 Å².